The summed E-state index contributed by atoms with van der Waals surface area (Å²) in [6, 6.07) is 0.936. The lowest BCUT2D eigenvalue weighted by Gasteiger charge is -2.17. The minimum atomic E-state index is -3.88. The van der Waals surface area contributed by atoms with E-state index in [9.17, 15) is 18.5 Å². The van der Waals surface area contributed by atoms with Gasteiger partial charge in [-0.2, -0.15) is 0 Å². The molecule has 0 radical (unpaired) electrons. The predicted molar refractivity (Wildman–Crippen MR) is 76.1 cm³/mol. The summed E-state index contributed by atoms with van der Waals surface area (Å²) in [5.74, 6) is -0.749. The zero-order valence-corrected chi connectivity index (χ0v) is 13.5. The first kappa shape index (κ1) is 16.6. The number of nitro groups is 1. The molecule has 118 valence electrons. The van der Waals surface area contributed by atoms with Crippen LogP contribution in [0.25, 0.3) is 0 Å². The minimum absolute atomic E-state index is 0.00901. The number of thiophene rings is 1. The maximum Gasteiger partial charge on any atom is 0.300 e. The summed E-state index contributed by atoms with van der Waals surface area (Å²) in [5.41, 5.74) is -0.427. The van der Waals surface area contributed by atoms with Crippen molar-refractivity contribution in [2.45, 2.75) is 29.9 Å². The van der Waals surface area contributed by atoms with Gasteiger partial charge in [-0.15, -0.1) is 11.3 Å². The molecule has 1 saturated heterocycles. The van der Waals surface area contributed by atoms with Crippen LogP contribution in [0.2, 0.25) is 4.34 Å². The van der Waals surface area contributed by atoms with Crippen LogP contribution in [0.1, 0.15) is 13.8 Å². The monoisotopic (exact) mass is 356 g/mol. The standard InChI is InChI=1S/C10H13ClN2O6S2/c1-10(2)18-5-6(19-10)4-12-21(16,17)8-3-7(13(14)15)9(11)20-8/h3,6,12H,4-5H2,1-2H3. The second-order valence-corrected chi connectivity index (χ2v) is 8.43. The molecule has 0 aliphatic carbocycles. The first-order valence-corrected chi connectivity index (χ1v) is 8.54. The zero-order valence-electron chi connectivity index (χ0n) is 11.2. The smallest absolute Gasteiger partial charge is 0.300 e. The molecule has 1 aliphatic rings. The van der Waals surface area contributed by atoms with E-state index in [4.69, 9.17) is 21.1 Å². The van der Waals surface area contributed by atoms with Gasteiger partial charge in [-0.3, -0.25) is 10.1 Å². The van der Waals surface area contributed by atoms with Crippen molar-refractivity contribution in [3.8, 4) is 0 Å². The van der Waals surface area contributed by atoms with Gasteiger partial charge in [0.15, 0.2) is 10.1 Å². The van der Waals surface area contributed by atoms with Crippen molar-refractivity contribution in [2.75, 3.05) is 13.2 Å². The summed E-state index contributed by atoms with van der Waals surface area (Å²) in [7, 11) is -3.88. The molecule has 1 N–H and O–H groups in total. The predicted octanol–water partition coefficient (Wildman–Crippen LogP) is 1.74. The molecule has 2 heterocycles. The summed E-state index contributed by atoms with van der Waals surface area (Å²) in [6.07, 6.45) is -0.416. The van der Waals surface area contributed by atoms with Crippen LogP contribution in [-0.4, -0.2) is 38.4 Å². The molecule has 0 spiro atoms. The number of halogens is 1. The van der Waals surface area contributed by atoms with Gasteiger partial charge in [0.05, 0.1) is 17.6 Å². The molecular weight excluding hydrogens is 344 g/mol. The molecular formula is C10H13ClN2O6S2. The van der Waals surface area contributed by atoms with Crippen molar-refractivity contribution in [2.24, 2.45) is 0 Å². The highest BCUT2D eigenvalue weighted by atomic mass is 35.5. The Morgan fingerprint density at radius 1 is 1.62 bits per heavy atom. The summed E-state index contributed by atoms with van der Waals surface area (Å²) >= 11 is 6.28. The molecule has 1 atom stereocenters. The molecule has 2 rings (SSSR count). The summed E-state index contributed by atoms with van der Waals surface area (Å²) in [4.78, 5) is 9.95. The molecule has 1 fully saturated rings. The van der Waals surface area contributed by atoms with Crippen LogP contribution in [0, 0.1) is 10.1 Å². The topological polar surface area (TPSA) is 108 Å². The van der Waals surface area contributed by atoms with Gasteiger partial charge in [0, 0.05) is 12.6 Å². The van der Waals surface area contributed by atoms with Crippen LogP contribution in [0.15, 0.2) is 10.3 Å². The maximum atomic E-state index is 12.1. The molecule has 1 aromatic rings. The van der Waals surface area contributed by atoms with Crippen molar-refractivity contribution in [1.82, 2.24) is 4.72 Å². The largest absolute Gasteiger partial charge is 0.348 e. The van der Waals surface area contributed by atoms with E-state index >= 15 is 0 Å². The van der Waals surface area contributed by atoms with E-state index < -0.39 is 32.5 Å². The van der Waals surface area contributed by atoms with Crippen LogP contribution in [0.3, 0.4) is 0 Å². The molecule has 0 amide bonds. The average molecular weight is 357 g/mol. The second kappa shape index (κ2) is 5.78. The molecule has 0 aromatic carbocycles. The van der Waals surface area contributed by atoms with E-state index in [1.807, 2.05) is 0 Å². The van der Waals surface area contributed by atoms with Crippen LogP contribution in [0.4, 0.5) is 5.69 Å². The Bertz CT molecular complexity index is 657. The molecule has 1 unspecified atom stereocenters. The second-order valence-electron chi connectivity index (χ2n) is 4.78. The van der Waals surface area contributed by atoms with Gasteiger partial charge in [-0.1, -0.05) is 11.6 Å². The molecule has 1 aliphatic heterocycles. The number of ether oxygens (including phenoxy) is 2. The Balaban J connectivity index is 2.05. The Labute approximate surface area is 130 Å². The Hall–Kier alpha value is -0.780. The van der Waals surface area contributed by atoms with Gasteiger partial charge in [0.2, 0.25) is 10.0 Å². The van der Waals surface area contributed by atoms with Crippen LogP contribution >= 0.6 is 22.9 Å². The van der Waals surface area contributed by atoms with Crippen molar-refractivity contribution in [3.05, 3.63) is 20.5 Å². The molecule has 1 aromatic heterocycles. The highest BCUT2D eigenvalue weighted by molar-refractivity contribution is 7.91. The molecule has 0 bridgehead atoms. The first-order valence-electron chi connectivity index (χ1n) is 5.86. The highest BCUT2D eigenvalue weighted by Gasteiger charge is 2.34. The van der Waals surface area contributed by atoms with E-state index in [-0.39, 0.29) is 21.7 Å². The van der Waals surface area contributed by atoms with Gasteiger partial charge < -0.3 is 9.47 Å². The zero-order chi connectivity index (χ0) is 15.8. The first-order chi connectivity index (χ1) is 9.61. The van der Waals surface area contributed by atoms with Crippen molar-refractivity contribution < 1.29 is 22.8 Å². The summed E-state index contributed by atoms with van der Waals surface area (Å²) in [5, 5.41) is 10.7. The van der Waals surface area contributed by atoms with Crippen molar-refractivity contribution >= 4 is 38.6 Å². The van der Waals surface area contributed by atoms with Crippen LogP contribution in [0.5, 0.6) is 0 Å². The lowest BCUT2D eigenvalue weighted by atomic mass is 10.4. The number of rotatable bonds is 5. The van der Waals surface area contributed by atoms with Crippen LogP contribution < -0.4 is 4.72 Å². The number of sulfonamides is 1. The number of hydrogen-bond donors (Lipinski definition) is 1. The van der Waals surface area contributed by atoms with E-state index in [0.717, 1.165) is 6.07 Å². The maximum absolute atomic E-state index is 12.1. The fraction of sp³-hybridized carbons (Fsp3) is 0.600. The number of hydrogen-bond acceptors (Lipinski definition) is 7. The Kier molecular flexibility index (Phi) is 4.57. The molecule has 11 heteroatoms. The summed E-state index contributed by atoms with van der Waals surface area (Å²) in [6.45, 7) is 3.73. The van der Waals surface area contributed by atoms with Crippen molar-refractivity contribution in [3.63, 3.8) is 0 Å². The van der Waals surface area contributed by atoms with Crippen LogP contribution in [-0.2, 0) is 19.5 Å². The molecule has 8 nitrogen and oxygen atoms in total. The van der Waals surface area contributed by atoms with E-state index in [0.29, 0.717) is 11.3 Å². The SMILES string of the molecule is CC1(C)OCC(CNS(=O)(=O)c2cc([N+](=O)[O-])c(Cl)s2)O1. The van der Waals surface area contributed by atoms with E-state index in [2.05, 4.69) is 4.72 Å². The third-order valence-electron chi connectivity index (χ3n) is 2.68. The molecule has 0 saturated carbocycles. The van der Waals surface area contributed by atoms with Gasteiger partial charge in [0.1, 0.15) is 4.21 Å². The summed E-state index contributed by atoms with van der Waals surface area (Å²) < 4.78 is 36.8. The number of nitrogens with one attached hydrogen (secondary N) is 1. The lowest BCUT2D eigenvalue weighted by molar-refractivity contribution is -0.384. The third-order valence-corrected chi connectivity index (χ3v) is 5.91. The van der Waals surface area contributed by atoms with E-state index in [1.165, 1.54) is 0 Å². The number of nitrogens with zero attached hydrogens (tertiary/aromatic N) is 1. The fourth-order valence-corrected chi connectivity index (χ4v) is 4.51. The quantitative estimate of drug-likeness (QED) is 0.636. The van der Waals surface area contributed by atoms with Gasteiger partial charge in [0.25, 0.3) is 5.69 Å². The highest BCUT2D eigenvalue weighted by Crippen LogP contribution is 2.36. The van der Waals surface area contributed by atoms with Crippen molar-refractivity contribution in [1.29, 1.82) is 0 Å². The Morgan fingerprint density at radius 2 is 2.29 bits per heavy atom. The van der Waals surface area contributed by atoms with Gasteiger partial charge in [-0.05, 0) is 13.8 Å². The Morgan fingerprint density at radius 3 is 2.76 bits per heavy atom. The average Bonchev–Trinajstić information content (AvgIpc) is 2.90. The minimum Gasteiger partial charge on any atom is -0.348 e. The fourth-order valence-electron chi connectivity index (χ4n) is 1.73. The lowest BCUT2D eigenvalue weighted by Crippen LogP contribution is -2.34. The normalized spacial score (nSPS) is 21.6. The third kappa shape index (κ3) is 3.90. The van der Waals surface area contributed by atoms with Gasteiger partial charge in [-0.25, -0.2) is 13.1 Å². The molecule has 21 heavy (non-hydrogen) atoms. The van der Waals surface area contributed by atoms with Gasteiger partial charge >= 0.3 is 0 Å². The van der Waals surface area contributed by atoms with E-state index in [1.54, 1.807) is 13.8 Å².